The van der Waals surface area contributed by atoms with Crippen molar-refractivity contribution >= 4 is 5.97 Å². The summed E-state index contributed by atoms with van der Waals surface area (Å²) in [5.74, 6) is -1.63. The van der Waals surface area contributed by atoms with Crippen molar-refractivity contribution in [2.24, 2.45) is 5.73 Å². The smallest absolute Gasteiger partial charge is 0.320 e. The van der Waals surface area contributed by atoms with Crippen LogP contribution in [-0.4, -0.2) is 24.2 Å². The molecule has 0 aromatic heterocycles. The van der Waals surface area contributed by atoms with Crippen LogP contribution < -0.4 is 10.5 Å². The van der Waals surface area contributed by atoms with Crippen molar-refractivity contribution in [2.75, 3.05) is 7.11 Å². The minimum Gasteiger partial charge on any atom is -0.494 e. The van der Waals surface area contributed by atoms with Gasteiger partial charge in [0.2, 0.25) is 0 Å². The number of carbonyl (C=O) groups is 1. The molecule has 0 saturated carbocycles. The maximum atomic E-state index is 13.5. The van der Waals surface area contributed by atoms with E-state index in [1.807, 2.05) is 0 Å². The maximum absolute atomic E-state index is 13.5. The first kappa shape index (κ1) is 11.5. The highest BCUT2D eigenvalue weighted by molar-refractivity contribution is 5.73. The van der Waals surface area contributed by atoms with Crippen LogP contribution in [0.5, 0.6) is 5.75 Å². The highest BCUT2D eigenvalue weighted by atomic mass is 19.1. The number of hydrogen-bond acceptors (Lipinski definition) is 3. The number of ether oxygens (including phenoxy) is 1. The molecule has 0 saturated heterocycles. The van der Waals surface area contributed by atoms with E-state index in [1.165, 1.54) is 19.2 Å². The van der Waals surface area contributed by atoms with Gasteiger partial charge in [-0.15, -0.1) is 0 Å². The molecule has 4 nitrogen and oxygen atoms in total. The third-order valence-corrected chi connectivity index (χ3v) is 2.02. The number of nitrogens with two attached hydrogens (primary N) is 1. The lowest BCUT2D eigenvalue weighted by molar-refractivity contribution is -0.138. The van der Waals surface area contributed by atoms with Crippen LogP contribution in [0, 0.1) is 5.82 Å². The Morgan fingerprint density at radius 1 is 1.67 bits per heavy atom. The van der Waals surface area contributed by atoms with E-state index in [0.29, 0.717) is 0 Å². The zero-order valence-corrected chi connectivity index (χ0v) is 8.24. The molecule has 0 aliphatic rings. The van der Waals surface area contributed by atoms with Gasteiger partial charge in [-0.05, 0) is 11.6 Å². The lowest BCUT2D eigenvalue weighted by Crippen LogP contribution is -2.32. The second-order valence-corrected chi connectivity index (χ2v) is 3.08. The largest absolute Gasteiger partial charge is 0.494 e. The molecule has 0 spiro atoms. The Morgan fingerprint density at radius 2 is 2.33 bits per heavy atom. The molecule has 0 amide bonds. The van der Waals surface area contributed by atoms with Gasteiger partial charge >= 0.3 is 5.97 Å². The number of carboxylic acids is 1. The minimum atomic E-state index is -1.16. The summed E-state index contributed by atoms with van der Waals surface area (Å²) in [5.41, 5.74) is 5.54. The van der Waals surface area contributed by atoms with Gasteiger partial charge in [-0.1, -0.05) is 12.1 Å². The topological polar surface area (TPSA) is 72.5 Å². The van der Waals surface area contributed by atoms with Gasteiger partial charge in [-0.3, -0.25) is 4.79 Å². The number of benzene rings is 1. The molecular weight excluding hydrogens is 201 g/mol. The van der Waals surface area contributed by atoms with E-state index in [4.69, 9.17) is 15.6 Å². The number of methoxy groups -OCH3 is 1. The highest BCUT2D eigenvalue weighted by Gasteiger charge is 2.16. The summed E-state index contributed by atoms with van der Waals surface area (Å²) in [5, 5.41) is 8.58. The van der Waals surface area contributed by atoms with E-state index in [2.05, 4.69) is 0 Å². The number of rotatable bonds is 4. The Labute approximate surface area is 86.5 Å². The summed E-state index contributed by atoms with van der Waals surface area (Å²) >= 11 is 0. The van der Waals surface area contributed by atoms with E-state index in [0.717, 1.165) is 0 Å². The fourth-order valence-corrected chi connectivity index (χ4v) is 1.20. The highest BCUT2D eigenvalue weighted by Crippen LogP contribution is 2.20. The van der Waals surface area contributed by atoms with E-state index in [9.17, 15) is 9.18 Å². The molecule has 5 heteroatoms. The van der Waals surface area contributed by atoms with Crippen molar-refractivity contribution in [3.63, 3.8) is 0 Å². The SMILES string of the molecule is COc1cccc(CC(N)C(=O)O)c1F. The fraction of sp³-hybridized carbons (Fsp3) is 0.300. The molecule has 0 radical (unpaired) electrons. The van der Waals surface area contributed by atoms with E-state index in [1.54, 1.807) is 6.07 Å². The number of hydrogen-bond donors (Lipinski definition) is 2. The van der Waals surface area contributed by atoms with Crippen LogP contribution in [0.15, 0.2) is 18.2 Å². The third kappa shape index (κ3) is 2.66. The lowest BCUT2D eigenvalue weighted by atomic mass is 10.1. The van der Waals surface area contributed by atoms with Crippen LogP contribution in [0.4, 0.5) is 4.39 Å². The Kier molecular flexibility index (Phi) is 3.62. The lowest BCUT2D eigenvalue weighted by Gasteiger charge is -2.09. The van der Waals surface area contributed by atoms with Crippen molar-refractivity contribution in [1.29, 1.82) is 0 Å². The molecule has 0 aliphatic heterocycles. The second-order valence-electron chi connectivity index (χ2n) is 3.08. The minimum absolute atomic E-state index is 0.0572. The van der Waals surface area contributed by atoms with Crippen molar-refractivity contribution < 1.29 is 19.0 Å². The molecule has 15 heavy (non-hydrogen) atoms. The predicted octanol–water partition coefficient (Wildman–Crippen LogP) is 0.789. The first-order valence-corrected chi connectivity index (χ1v) is 4.36. The predicted molar refractivity (Wildman–Crippen MR) is 52.3 cm³/mol. The van der Waals surface area contributed by atoms with Gasteiger partial charge in [-0.2, -0.15) is 0 Å². The Hall–Kier alpha value is -1.62. The summed E-state index contributed by atoms with van der Waals surface area (Å²) in [6, 6.07) is 3.43. The fourth-order valence-electron chi connectivity index (χ4n) is 1.20. The van der Waals surface area contributed by atoms with Crippen LogP contribution in [0.25, 0.3) is 0 Å². The van der Waals surface area contributed by atoms with Crippen molar-refractivity contribution in [2.45, 2.75) is 12.5 Å². The van der Waals surface area contributed by atoms with Crippen LogP contribution in [0.1, 0.15) is 5.56 Å². The van der Waals surface area contributed by atoms with E-state index < -0.39 is 17.8 Å². The van der Waals surface area contributed by atoms with Crippen LogP contribution in [0.3, 0.4) is 0 Å². The van der Waals surface area contributed by atoms with Gasteiger partial charge in [0.25, 0.3) is 0 Å². The first-order valence-electron chi connectivity index (χ1n) is 4.36. The second kappa shape index (κ2) is 4.75. The van der Waals surface area contributed by atoms with Gasteiger partial charge in [0, 0.05) is 6.42 Å². The standard InChI is InChI=1S/C10H12FNO3/c1-15-8-4-2-3-6(9(8)11)5-7(12)10(13)14/h2-4,7H,5,12H2,1H3,(H,13,14). The molecule has 1 unspecified atom stereocenters. The zero-order chi connectivity index (χ0) is 11.4. The number of aliphatic carboxylic acids is 1. The average molecular weight is 213 g/mol. The zero-order valence-electron chi connectivity index (χ0n) is 8.24. The monoisotopic (exact) mass is 213 g/mol. The molecule has 0 bridgehead atoms. The van der Waals surface area contributed by atoms with E-state index in [-0.39, 0.29) is 17.7 Å². The maximum Gasteiger partial charge on any atom is 0.320 e. The normalized spacial score (nSPS) is 12.2. The van der Waals surface area contributed by atoms with Crippen molar-refractivity contribution in [3.8, 4) is 5.75 Å². The molecule has 1 atom stereocenters. The summed E-state index contributed by atoms with van der Waals surface area (Å²) < 4.78 is 18.3. The first-order chi connectivity index (χ1) is 7.06. The molecule has 82 valence electrons. The third-order valence-electron chi connectivity index (χ3n) is 2.02. The Bertz CT molecular complexity index is 368. The summed E-state index contributed by atoms with van der Waals surface area (Å²) in [6.45, 7) is 0. The number of halogens is 1. The average Bonchev–Trinajstić information content (AvgIpc) is 2.21. The Balaban J connectivity index is 2.90. The van der Waals surface area contributed by atoms with Gasteiger partial charge in [0.1, 0.15) is 6.04 Å². The van der Waals surface area contributed by atoms with Crippen LogP contribution in [-0.2, 0) is 11.2 Å². The van der Waals surface area contributed by atoms with Crippen molar-refractivity contribution in [1.82, 2.24) is 0 Å². The van der Waals surface area contributed by atoms with Gasteiger partial charge in [0.05, 0.1) is 7.11 Å². The summed E-state index contributed by atoms with van der Waals surface area (Å²) in [6.07, 6.45) is -0.0572. The van der Waals surface area contributed by atoms with Gasteiger partial charge in [0.15, 0.2) is 11.6 Å². The van der Waals surface area contributed by atoms with Gasteiger partial charge in [-0.25, -0.2) is 4.39 Å². The Morgan fingerprint density at radius 3 is 2.87 bits per heavy atom. The molecular formula is C10H12FNO3. The summed E-state index contributed by atoms with van der Waals surface area (Å²) in [7, 11) is 1.35. The summed E-state index contributed by atoms with van der Waals surface area (Å²) in [4.78, 5) is 10.5. The van der Waals surface area contributed by atoms with Crippen molar-refractivity contribution in [3.05, 3.63) is 29.6 Å². The molecule has 0 heterocycles. The van der Waals surface area contributed by atoms with E-state index >= 15 is 0 Å². The number of carboxylic acid groups (broad SMARTS) is 1. The molecule has 0 fully saturated rings. The molecule has 1 aromatic carbocycles. The van der Waals surface area contributed by atoms with Crippen LogP contribution in [0.2, 0.25) is 0 Å². The van der Waals surface area contributed by atoms with Gasteiger partial charge < -0.3 is 15.6 Å². The molecule has 3 N–H and O–H groups in total. The molecule has 1 rings (SSSR count). The van der Waals surface area contributed by atoms with Crippen LogP contribution >= 0.6 is 0 Å². The molecule has 1 aromatic rings. The quantitative estimate of drug-likeness (QED) is 0.775. The molecule has 0 aliphatic carbocycles.